The molecule has 1 amide bonds. The van der Waals surface area contributed by atoms with Crippen LogP contribution in [0.5, 0.6) is 0 Å². The predicted molar refractivity (Wildman–Crippen MR) is 107 cm³/mol. The lowest BCUT2D eigenvalue weighted by atomic mass is 10.2. The fraction of sp³-hybridized carbons (Fsp3) is 0.368. The van der Waals surface area contributed by atoms with Crippen LogP contribution in [-0.4, -0.2) is 50.2 Å². The van der Waals surface area contributed by atoms with Crippen LogP contribution >= 0.6 is 0 Å². The third-order valence-electron chi connectivity index (χ3n) is 4.43. The molecule has 150 valence electrons. The van der Waals surface area contributed by atoms with Crippen LogP contribution in [0.25, 0.3) is 0 Å². The third kappa shape index (κ3) is 5.06. The molecular weight excluding hydrogens is 380 g/mol. The van der Waals surface area contributed by atoms with Crippen molar-refractivity contribution < 1.29 is 18.3 Å². The number of benzene rings is 1. The van der Waals surface area contributed by atoms with Crippen LogP contribution < -0.4 is 14.9 Å². The molecule has 3 N–H and O–H groups in total. The highest BCUT2D eigenvalue weighted by Gasteiger charge is 2.16. The van der Waals surface area contributed by atoms with Gasteiger partial charge in [0.15, 0.2) is 0 Å². The SMILES string of the molecule is CC(O)CNS(=O)(=O)c1ccc(C(=O)Nc2ccc(N3CCCC3)nc2)cc1. The van der Waals surface area contributed by atoms with Gasteiger partial charge in [0, 0.05) is 25.2 Å². The van der Waals surface area contributed by atoms with E-state index >= 15 is 0 Å². The van der Waals surface area contributed by atoms with E-state index < -0.39 is 16.1 Å². The topological polar surface area (TPSA) is 112 Å². The van der Waals surface area contributed by atoms with Gasteiger partial charge in [0.1, 0.15) is 5.82 Å². The van der Waals surface area contributed by atoms with E-state index in [0.717, 1.165) is 18.9 Å². The molecule has 1 fully saturated rings. The Bertz CT molecular complexity index is 906. The molecule has 28 heavy (non-hydrogen) atoms. The monoisotopic (exact) mass is 404 g/mol. The minimum atomic E-state index is -3.73. The highest BCUT2D eigenvalue weighted by atomic mass is 32.2. The first-order chi connectivity index (χ1) is 13.3. The number of aromatic nitrogens is 1. The van der Waals surface area contributed by atoms with Crippen LogP contribution in [0, 0.1) is 0 Å². The molecule has 1 aliphatic rings. The zero-order chi connectivity index (χ0) is 20.1. The highest BCUT2D eigenvalue weighted by molar-refractivity contribution is 7.89. The average molecular weight is 404 g/mol. The molecule has 2 aromatic rings. The Morgan fingerprint density at radius 2 is 1.86 bits per heavy atom. The summed E-state index contributed by atoms with van der Waals surface area (Å²) in [6.07, 6.45) is 3.16. The largest absolute Gasteiger partial charge is 0.392 e. The summed E-state index contributed by atoms with van der Waals surface area (Å²) < 4.78 is 26.5. The number of hydrogen-bond donors (Lipinski definition) is 3. The summed E-state index contributed by atoms with van der Waals surface area (Å²) in [5.41, 5.74) is 0.904. The summed E-state index contributed by atoms with van der Waals surface area (Å²) in [4.78, 5) is 19.0. The summed E-state index contributed by atoms with van der Waals surface area (Å²) in [7, 11) is -3.73. The Hall–Kier alpha value is -2.49. The van der Waals surface area contributed by atoms with Gasteiger partial charge in [-0.05, 0) is 56.2 Å². The van der Waals surface area contributed by atoms with E-state index in [0.29, 0.717) is 11.3 Å². The van der Waals surface area contributed by atoms with Gasteiger partial charge in [-0.3, -0.25) is 4.79 Å². The van der Waals surface area contributed by atoms with Gasteiger partial charge in [-0.15, -0.1) is 0 Å². The number of hydrogen-bond acceptors (Lipinski definition) is 6. The molecule has 1 aromatic heterocycles. The number of sulfonamides is 1. The van der Waals surface area contributed by atoms with Crippen LogP contribution in [0.1, 0.15) is 30.1 Å². The van der Waals surface area contributed by atoms with Gasteiger partial charge >= 0.3 is 0 Å². The van der Waals surface area contributed by atoms with E-state index in [1.165, 1.54) is 44.0 Å². The summed E-state index contributed by atoms with van der Waals surface area (Å²) >= 11 is 0. The summed E-state index contributed by atoms with van der Waals surface area (Å²) in [5, 5.41) is 12.0. The molecule has 9 heteroatoms. The van der Waals surface area contributed by atoms with Crippen molar-refractivity contribution in [3.63, 3.8) is 0 Å². The Morgan fingerprint density at radius 1 is 1.18 bits per heavy atom. The maximum Gasteiger partial charge on any atom is 0.255 e. The van der Waals surface area contributed by atoms with Crippen molar-refractivity contribution in [1.29, 1.82) is 0 Å². The normalized spacial score (nSPS) is 15.4. The molecule has 0 bridgehead atoms. The second kappa shape index (κ2) is 8.68. The molecule has 8 nitrogen and oxygen atoms in total. The zero-order valence-corrected chi connectivity index (χ0v) is 16.4. The lowest BCUT2D eigenvalue weighted by Gasteiger charge is -2.16. The lowest BCUT2D eigenvalue weighted by molar-refractivity contribution is 0.102. The van der Waals surface area contributed by atoms with Crippen molar-refractivity contribution in [2.75, 3.05) is 29.9 Å². The first-order valence-electron chi connectivity index (χ1n) is 9.15. The summed E-state index contributed by atoms with van der Waals surface area (Å²) in [6.45, 7) is 3.41. The van der Waals surface area contributed by atoms with Crippen LogP contribution in [-0.2, 0) is 10.0 Å². The van der Waals surface area contributed by atoms with Gasteiger partial charge in [-0.1, -0.05) is 0 Å². The second-order valence-corrected chi connectivity index (χ2v) is 8.55. The summed E-state index contributed by atoms with van der Waals surface area (Å²) in [6, 6.07) is 9.28. The fourth-order valence-electron chi connectivity index (χ4n) is 2.90. The van der Waals surface area contributed by atoms with E-state index in [-0.39, 0.29) is 17.3 Å². The number of pyridine rings is 1. The minimum absolute atomic E-state index is 0.0290. The molecule has 1 unspecified atom stereocenters. The molecule has 3 rings (SSSR count). The van der Waals surface area contributed by atoms with Gasteiger partial charge in [0.2, 0.25) is 10.0 Å². The molecule has 1 saturated heterocycles. The first-order valence-corrected chi connectivity index (χ1v) is 10.6. The molecule has 0 aliphatic carbocycles. The quantitative estimate of drug-likeness (QED) is 0.646. The number of carbonyl (C=O) groups is 1. The smallest absolute Gasteiger partial charge is 0.255 e. The summed E-state index contributed by atoms with van der Waals surface area (Å²) in [5.74, 6) is 0.548. The van der Waals surface area contributed by atoms with Crippen LogP contribution in [0.4, 0.5) is 11.5 Å². The number of nitrogens with one attached hydrogen (secondary N) is 2. The van der Waals surface area contributed by atoms with E-state index in [2.05, 4.69) is 19.9 Å². The fourth-order valence-corrected chi connectivity index (χ4v) is 4.02. The van der Waals surface area contributed by atoms with Gasteiger partial charge in [0.05, 0.1) is 22.9 Å². The standard InChI is InChI=1S/C19H24N4O4S/c1-14(24)12-21-28(26,27)17-7-4-15(5-8-17)19(25)22-16-6-9-18(20-13-16)23-10-2-3-11-23/h4-9,13-14,21,24H,2-3,10-12H2,1H3,(H,22,25). The number of amides is 1. The molecule has 1 aromatic carbocycles. The van der Waals surface area contributed by atoms with Crippen LogP contribution in [0.15, 0.2) is 47.5 Å². The molecule has 0 saturated carbocycles. The zero-order valence-electron chi connectivity index (χ0n) is 15.6. The lowest BCUT2D eigenvalue weighted by Crippen LogP contribution is -2.30. The molecule has 1 aliphatic heterocycles. The molecule has 0 spiro atoms. The number of rotatable bonds is 7. The molecular formula is C19H24N4O4S. The van der Waals surface area contributed by atoms with Crippen LogP contribution in [0.2, 0.25) is 0 Å². The Kier molecular flexibility index (Phi) is 6.28. The second-order valence-electron chi connectivity index (χ2n) is 6.78. The van der Waals surface area contributed by atoms with Crippen molar-refractivity contribution in [3.8, 4) is 0 Å². The van der Waals surface area contributed by atoms with E-state index in [1.807, 2.05) is 6.07 Å². The van der Waals surface area contributed by atoms with Crippen molar-refractivity contribution in [2.24, 2.45) is 0 Å². The number of aliphatic hydroxyl groups is 1. The Balaban J connectivity index is 1.63. The van der Waals surface area contributed by atoms with Crippen molar-refractivity contribution in [1.82, 2.24) is 9.71 Å². The van der Waals surface area contributed by atoms with Gasteiger partial charge in [-0.2, -0.15) is 0 Å². The first kappa shape index (κ1) is 20.2. The molecule has 1 atom stereocenters. The number of aliphatic hydroxyl groups excluding tert-OH is 1. The minimum Gasteiger partial charge on any atom is -0.392 e. The van der Waals surface area contributed by atoms with Gasteiger partial charge in [-0.25, -0.2) is 18.1 Å². The van der Waals surface area contributed by atoms with Crippen molar-refractivity contribution in [3.05, 3.63) is 48.2 Å². The average Bonchev–Trinajstić information content (AvgIpc) is 3.22. The number of anilines is 2. The third-order valence-corrected chi connectivity index (χ3v) is 5.87. The van der Waals surface area contributed by atoms with Crippen molar-refractivity contribution >= 4 is 27.4 Å². The Morgan fingerprint density at radius 3 is 2.43 bits per heavy atom. The van der Waals surface area contributed by atoms with E-state index in [9.17, 15) is 18.3 Å². The predicted octanol–water partition coefficient (Wildman–Crippen LogP) is 1.59. The maximum absolute atomic E-state index is 12.4. The van der Waals surface area contributed by atoms with Gasteiger partial charge < -0.3 is 15.3 Å². The Labute approximate surface area is 164 Å². The number of nitrogens with zero attached hydrogens (tertiary/aromatic N) is 2. The highest BCUT2D eigenvalue weighted by Crippen LogP contribution is 2.19. The van der Waals surface area contributed by atoms with Crippen molar-refractivity contribution in [2.45, 2.75) is 30.8 Å². The van der Waals surface area contributed by atoms with E-state index in [1.54, 1.807) is 12.3 Å². The molecule has 2 heterocycles. The maximum atomic E-state index is 12.4. The van der Waals surface area contributed by atoms with Gasteiger partial charge in [0.25, 0.3) is 5.91 Å². The number of carbonyl (C=O) groups excluding carboxylic acids is 1. The molecule has 0 radical (unpaired) electrons. The van der Waals surface area contributed by atoms with Crippen LogP contribution in [0.3, 0.4) is 0 Å². The van der Waals surface area contributed by atoms with E-state index in [4.69, 9.17) is 0 Å².